The van der Waals surface area contributed by atoms with Crippen molar-refractivity contribution in [3.05, 3.63) is 24.4 Å². The van der Waals surface area contributed by atoms with Gasteiger partial charge < -0.3 is 10.6 Å². The molecule has 3 rings (SSSR count). The van der Waals surface area contributed by atoms with Gasteiger partial charge in [-0.1, -0.05) is 0 Å². The zero-order chi connectivity index (χ0) is 13.1. The van der Waals surface area contributed by atoms with E-state index in [1.807, 2.05) is 18.2 Å². The maximum absolute atomic E-state index is 11.9. The third-order valence-corrected chi connectivity index (χ3v) is 3.61. The number of H-pyrrole nitrogens is 1. The average molecular weight is 295 g/mol. The number of nitrogens with one attached hydrogen (secondary N) is 3. The highest BCUT2D eigenvalue weighted by molar-refractivity contribution is 5.93. The molecule has 1 unspecified atom stereocenters. The predicted molar refractivity (Wildman–Crippen MR) is 82.2 cm³/mol. The summed E-state index contributed by atoms with van der Waals surface area (Å²) in [6.07, 6.45) is 5.67. The first kappa shape index (κ1) is 14.8. The molecular formula is C14H19ClN4O. The van der Waals surface area contributed by atoms with Gasteiger partial charge in [-0.25, -0.2) is 0 Å². The van der Waals surface area contributed by atoms with Crippen LogP contribution in [0.1, 0.15) is 25.7 Å². The number of nitrogens with zero attached hydrogens (tertiary/aromatic N) is 1. The molecule has 0 bridgehead atoms. The SMILES string of the molecule is Cl.O=C(CCC1CCCN1)Nc1ccc2cn[nH]c2c1. The van der Waals surface area contributed by atoms with Gasteiger partial charge >= 0.3 is 0 Å². The van der Waals surface area contributed by atoms with Crippen molar-refractivity contribution in [3.63, 3.8) is 0 Å². The van der Waals surface area contributed by atoms with Crippen molar-refractivity contribution in [2.45, 2.75) is 31.7 Å². The standard InChI is InChI=1S/C14H18N4O.ClH/c19-14(6-5-11-2-1-7-15-11)17-12-4-3-10-9-16-18-13(10)8-12;/h3-4,8-9,11,15H,1-2,5-7H2,(H,16,18)(H,17,19);1H. The van der Waals surface area contributed by atoms with E-state index in [1.165, 1.54) is 12.8 Å². The molecule has 5 nitrogen and oxygen atoms in total. The van der Waals surface area contributed by atoms with Crippen molar-refractivity contribution >= 4 is 34.9 Å². The van der Waals surface area contributed by atoms with E-state index in [2.05, 4.69) is 20.8 Å². The topological polar surface area (TPSA) is 69.8 Å². The average Bonchev–Trinajstić information content (AvgIpc) is 3.07. The van der Waals surface area contributed by atoms with Gasteiger partial charge in [0.1, 0.15) is 0 Å². The maximum atomic E-state index is 11.9. The summed E-state index contributed by atoms with van der Waals surface area (Å²) in [7, 11) is 0. The summed E-state index contributed by atoms with van der Waals surface area (Å²) in [6, 6.07) is 6.28. The van der Waals surface area contributed by atoms with Gasteiger partial charge in [-0.15, -0.1) is 12.4 Å². The second-order valence-corrected chi connectivity index (χ2v) is 5.05. The monoisotopic (exact) mass is 294 g/mol. The number of halogens is 1. The van der Waals surface area contributed by atoms with Crippen molar-refractivity contribution in [2.24, 2.45) is 0 Å². The predicted octanol–water partition coefficient (Wildman–Crippen LogP) is 2.46. The minimum Gasteiger partial charge on any atom is -0.326 e. The third kappa shape index (κ3) is 3.49. The van der Waals surface area contributed by atoms with Crippen LogP contribution in [-0.2, 0) is 4.79 Å². The fourth-order valence-electron chi connectivity index (χ4n) is 2.55. The van der Waals surface area contributed by atoms with Crippen LogP contribution in [0.2, 0.25) is 0 Å². The maximum Gasteiger partial charge on any atom is 0.224 e. The number of rotatable bonds is 4. The Balaban J connectivity index is 0.00000147. The fourth-order valence-corrected chi connectivity index (χ4v) is 2.55. The van der Waals surface area contributed by atoms with Crippen molar-refractivity contribution in [1.82, 2.24) is 15.5 Å². The first-order chi connectivity index (χ1) is 9.31. The number of benzene rings is 1. The van der Waals surface area contributed by atoms with Crippen molar-refractivity contribution in [2.75, 3.05) is 11.9 Å². The molecule has 1 amide bonds. The van der Waals surface area contributed by atoms with Crippen LogP contribution >= 0.6 is 12.4 Å². The molecular weight excluding hydrogens is 276 g/mol. The minimum atomic E-state index is 0. The van der Waals surface area contributed by atoms with Gasteiger partial charge in [0.05, 0.1) is 11.7 Å². The molecule has 1 fully saturated rings. The summed E-state index contributed by atoms with van der Waals surface area (Å²) in [4.78, 5) is 11.9. The zero-order valence-corrected chi connectivity index (χ0v) is 12.0. The summed E-state index contributed by atoms with van der Waals surface area (Å²) in [6.45, 7) is 1.09. The van der Waals surface area contributed by atoms with Crippen LogP contribution in [0, 0.1) is 0 Å². The van der Waals surface area contributed by atoms with Crippen LogP contribution in [0.15, 0.2) is 24.4 Å². The normalized spacial score (nSPS) is 17.9. The lowest BCUT2D eigenvalue weighted by atomic mass is 10.1. The highest BCUT2D eigenvalue weighted by Gasteiger charge is 2.15. The number of hydrogen-bond acceptors (Lipinski definition) is 3. The Hall–Kier alpha value is -1.59. The number of anilines is 1. The highest BCUT2D eigenvalue weighted by Crippen LogP contribution is 2.17. The Bertz CT molecular complexity index is 577. The Morgan fingerprint density at radius 2 is 2.35 bits per heavy atom. The van der Waals surface area contributed by atoms with Gasteiger partial charge in [0.25, 0.3) is 0 Å². The molecule has 108 valence electrons. The van der Waals surface area contributed by atoms with E-state index in [0.717, 1.165) is 29.6 Å². The Labute approximate surface area is 123 Å². The molecule has 1 atom stereocenters. The van der Waals surface area contributed by atoms with Crippen LogP contribution in [0.4, 0.5) is 5.69 Å². The summed E-state index contributed by atoms with van der Waals surface area (Å²) in [5.74, 6) is 0.0764. The number of aromatic nitrogens is 2. The van der Waals surface area contributed by atoms with E-state index in [0.29, 0.717) is 12.5 Å². The molecule has 0 spiro atoms. The van der Waals surface area contributed by atoms with Gasteiger partial charge in [-0.05, 0) is 44.0 Å². The molecule has 3 N–H and O–H groups in total. The van der Waals surface area contributed by atoms with Crippen LogP contribution in [-0.4, -0.2) is 28.7 Å². The minimum absolute atomic E-state index is 0. The molecule has 20 heavy (non-hydrogen) atoms. The molecule has 0 aliphatic carbocycles. The molecule has 0 radical (unpaired) electrons. The van der Waals surface area contributed by atoms with Crippen LogP contribution in [0.25, 0.3) is 10.9 Å². The third-order valence-electron chi connectivity index (χ3n) is 3.61. The molecule has 1 aromatic carbocycles. The smallest absolute Gasteiger partial charge is 0.224 e. The van der Waals surface area contributed by atoms with Gasteiger partial charge in [-0.2, -0.15) is 5.10 Å². The molecule has 1 aromatic heterocycles. The quantitative estimate of drug-likeness (QED) is 0.811. The zero-order valence-electron chi connectivity index (χ0n) is 11.2. The lowest BCUT2D eigenvalue weighted by molar-refractivity contribution is -0.116. The van der Waals surface area contributed by atoms with Crippen LogP contribution < -0.4 is 10.6 Å². The molecule has 1 aliphatic rings. The number of amides is 1. The van der Waals surface area contributed by atoms with Crippen molar-refractivity contribution in [1.29, 1.82) is 0 Å². The van der Waals surface area contributed by atoms with E-state index in [-0.39, 0.29) is 18.3 Å². The molecule has 0 saturated carbocycles. The Morgan fingerprint density at radius 3 is 3.15 bits per heavy atom. The Morgan fingerprint density at radius 1 is 1.45 bits per heavy atom. The van der Waals surface area contributed by atoms with Crippen LogP contribution in [0.3, 0.4) is 0 Å². The molecule has 2 heterocycles. The number of aromatic amines is 1. The van der Waals surface area contributed by atoms with Gasteiger partial charge in [-0.3, -0.25) is 9.89 Å². The van der Waals surface area contributed by atoms with Crippen molar-refractivity contribution < 1.29 is 4.79 Å². The van der Waals surface area contributed by atoms with Crippen LogP contribution in [0.5, 0.6) is 0 Å². The number of carbonyl (C=O) groups excluding carboxylic acids is 1. The number of carbonyl (C=O) groups is 1. The van der Waals surface area contributed by atoms with Crippen molar-refractivity contribution in [3.8, 4) is 0 Å². The Kier molecular flexibility index (Phi) is 4.98. The molecule has 1 aliphatic heterocycles. The summed E-state index contributed by atoms with van der Waals surface area (Å²) in [5.41, 5.74) is 1.76. The number of hydrogen-bond donors (Lipinski definition) is 3. The largest absolute Gasteiger partial charge is 0.326 e. The lowest BCUT2D eigenvalue weighted by Gasteiger charge is -2.10. The van der Waals surface area contributed by atoms with E-state index in [4.69, 9.17) is 0 Å². The first-order valence-corrected chi connectivity index (χ1v) is 6.77. The van der Waals surface area contributed by atoms with Gasteiger partial charge in [0.15, 0.2) is 0 Å². The highest BCUT2D eigenvalue weighted by atomic mass is 35.5. The summed E-state index contributed by atoms with van der Waals surface area (Å²) < 4.78 is 0. The summed E-state index contributed by atoms with van der Waals surface area (Å²) in [5, 5.41) is 14.2. The lowest BCUT2D eigenvalue weighted by Crippen LogP contribution is -2.23. The second-order valence-electron chi connectivity index (χ2n) is 5.05. The van der Waals surface area contributed by atoms with Gasteiger partial charge in [0, 0.05) is 23.5 Å². The fraction of sp³-hybridized carbons (Fsp3) is 0.429. The van der Waals surface area contributed by atoms with Gasteiger partial charge in [0.2, 0.25) is 5.91 Å². The first-order valence-electron chi connectivity index (χ1n) is 6.77. The molecule has 1 saturated heterocycles. The molecule has 2 aromatic rings. The van der Waals surface area contributed by atoms with E-state index < -0.39 is 0 Å². The second kappa shape index (κ2) is 6.72. The van der Waals surface area contributed by atoms with E-state index in [9.17, 15) is 4.79 Å². The molecule has 6 heteroatoms. The number of fused-ring (bicyclic) bond motifs is 1. The van der Waals surface area contributed by atoms with E-state index >= 15 is 0 Å². The van der Waals surface area contributed by atoms with E-state index in [1.54, 1.807) is 6.20 Å². The summed E-state index contributed by atoms with van der Waals surface area (Å²) >= 11 is 0.